The van der Waals surface area contributed by atoms with Crippen molar-refractivity contribution < 1.29 is 19.1 Å². The van der Waals surface area contributed by atoms with Crippen molar-refractivity contribution in [1.82, 2.24) is 4.98 Å². The fourth-order valence-electron chi connectivity index (χ4n) is 1.86. The summed E-state index contributed by atoms with van der Waals surface area (Å²) >= 11 is 0. The summed E-state index contributed by atoms with van der Waals surface area (Å²) in [5.74, 6) is -0.284. The fraction of sp³-hybridized carbons (Fsp3) is 0.267. The molecule has 1 heterocycles. The van der Waals surface area contributed by atoms with Crippen molar-refractivity contribution in [3.8, 4) is 11.3 Å². The third-order valence-electron chi connectivity index (χ3n) is 2.93. The van der Waals surface area contributed by atoms with Crippen molar-refractivity contribution >= 4 is 17.6 Å². The Morgan fingerprint density at radius 1 is 1.14 bits per heavy atom. The molecule has 6 heteroatoms. The van der Waals surface area contributed by atoms with Crippen LogP contribution in [0.2, 0.25) is 0 Å². The van der Waals surface area contributed by atoms with E-state index in [1.165, 1.54) is 6.39 Å². The van der Waals surface area contributed by atoms with E-state index in [1.54, 1.807) is 18.3 Å². The molecule has 1 amide bonds. The van der Waals surface area contributed by atoms with Crippen LogP contribution in [0.1, 0.15) is 25.7 Å². The first kappa shape index (κ1) is 14.8. The molecule has 2 aromatic rings. The number of unbranched alkanes of at least 4 members (excludes halogenated alkanes) is 1. The quantitative estimate of drug-likeness (QED) is 0.764. The summed E-state index contributed by atoms with van der Waals surface area (Å²) in [4.78, 5) is 25.9. The van der Waals surface area contributed by atoms with Crippen LogP contribution in [0.15, 0.2) is 41.3 Å². The Kier molecular flexibility index (Phi) is 5.09. The number of hydrogen-bond acceptors (Lipinski definition) is 4. The van der Waals surface area contributed by atoms with Gasteiger partial charge in [0.2, 0.25) is 5.91 Å². The summed E-state index contributed by atoms with van der Waals surface area (Å²) in [6.45, 7) is 0. The Morgan fingerprint density at radius 3 is 2.48 bits per heavy atom. The molecule has 1 aromatic heterocycles. The number of carbonyl (C=O) groups excluding carboxylic acids is 1. The number of hydrogen-bond donors (Lipinski definition) is 2. The van der Waals surface area contributed by atoms with E-state index < -0.39 is 5.97 Å². The van der Waals surface area contributed by atoms with Crippen molar-refractivity contribution in [1.29, 1.82) is 0 Å². The number of rotatable bonds is 7. The molecule has 0 aliphatic heterocycles. The van der Waals surface area contributed by atoms with Crippen molar-refractivity contribution in [2.24, 2.45) is 0 Å². The lowest BCUT2D eigenvalue weighted by atomic mass is 10.1. The van der Waals surface area contributed by atoms with Crippen LogP contribution in [0.4, 0.5) is 5.69 Å². The number of benzene rings is 1. The van der Waals surface area contributed by atoms with Crippen LogP contribution in [0.25, 0.3) is 11.3 Å². The lowest BCUT2D eigenvalue weighted by Crippen LogP contribution is -2.11. The maximum absolute atomic E-state index is 11.7. The topological polar surface area (TPSA) is 92.4 Å². The van der Waals surface area contributed by atoms with Crippen molar-refractivity contribution in [2.75, 3.05) is 5.32 Å². The maximum Gasteiger partial charge on any atom is 0.303 e. The van der Waals surface area contributed by atoms with Gasteiger partial charge in [0.05, 0.1) is 6.20 Å². The van der Waals surface area contributed by atoms with Gasteiger partial charge in [-0.3, -0.25) is 9.59 Å². The Balaban J connectivity index is 1.80. The molecule has 2 rings (SSSR count). The SMILES string of the molecule is O=C(O)CCCCC(=O)Nc1ccc(-c2cnco2)cc1. The van der Waals surface area contributed by atoms with Gasteiger partial charge >= 0.3 is 5.97 Å². The Bertz CT molecular complexity index is 591. The number of nitrogens with zero attached hydrogens (tertiary/aromatic N) is 1. The minimum absolute atomic E-state index is 0.0964. The first-order valence-electron chi connectivity index (χ1n) is 6.66. The van der Waals surface area contributed by atoms with Crippen molar-refractivity contribution in [2.45, 2.75) is 25.7 Å². The average molecular weight is 288 g/mol. The molecule has 110 valence electrons. The number of aromatic nitrogens is 1. The van der Waals surface area contributed by atoms with Crippen molar-refractivity contribution in [3.05, 3.63) is 36.9 Å². The lowest BCUT2D eigenvalue weighted by Gasteiger charge is -2.05. The largest absolute Gasteiger partial charge is 0.481 e. The molecule has 21 heavy (non-hydrogen) atoms. The van der Waals surface area contributed by atoms with E-state index in [4.69, 9.17) is 9.52 Å². The Morgan fingerprint density at radius 2 is 1.86 bits per heavy atom. The second-order valence-corrected chi connectivity index (χ2v) is 4.59. The second kappa shape index (κ2) is 7.23. The number of aliphatic carboxylic acids is 1. The van der Waals surface area contributed by atoms with Gasteiger partial charge < -0.3 is 14.8 Å². The normalized spacial score (nSPS) is 10.3. The van der Waals surface area contributed by atoms with E-state index in [1.807, 2.05) is 12.1 Å². The zero-order valence-corrected chi connectivity index (χ0v) is 11.4. The molecule has 0 atom stereocenters. The van der Waals surface area contributed by atoms with E-state index in [0.717, 1.165) is 5.56 Å². The number of oxazole rings is 1. The molecule has 0 spiro atoms. The molecule has 6 nitrogen and oxygen atoms in total. The van der Waals surface area contributed by atoms with Gasteiger partial charge in [-0.1, -0.05) is 0 Å². The highest BCUT2D eigenvalue weighted by Crippen LogP contribution is 2.20. The summed E-state index contributed by atoms with van der Waals surface area (Å²) < 4.78 is 5.18. The highest BCUT2D eigenvalue weighted by Gasteiger charge is 2.05. The molecular weight excluding hydrogens is 272 g/mol. The lowest BCUT2D eigenvalue weighted by molar-refractivity contribution is -0.137. The van der Waals surface area contributed by atoms with Gasteiger partial charge in [-0.05, 0) is 37.1 Å². The van der Waals surface area contributed by atoms with Crippen LogP contribution in [0, 0.1) is 0 Å². The molecule has 0 unspecified atom stereocenters. The maximum atomic E-state index is 11.7. The average Bonchev–Trinajstić information content (AvgIpc) is 2.98. The molecule has 1 aromatic carbocycles. The predicted octanol–water partition coefficient (Wildman–Crippen LogP) is 2.93. The zero-order valence-electron chi connectivity index (χ0n) is 11.4. The number of anilines is 1. The van der Waals surface area contributed by atoms with E-state index in [-0.39, 0.29) is 12.3 Å². The summed E-state index contributed by atoms with van der Waals surface area (Å²) in [7, 11) is 0. The molecule has 0 saturated carbocycles. The number of carboxylic acids is 1. The summed E-state index contributed by atoms with van der Waals surface area (Å²) in [6, 6.07) is 7.24. The highest BCUT2D eigenvalue weighted by molar-refractivity contribution is 5.90. The third kappa shape index (κ3) is 4.76. The summed E-state index contributed by atoms with van der Waals surface area (Å²) in [5, 5.41) is 11.3. The van der Waals surface area contributed by atoms with Crippen LogP contribution < -0.4 is 5.32 Å². The smallest absolute Gasteiger partial charge is 0.303 e. The number of amides is 1. The van der Waals surface area contributed by atoms with Gasteiger partial charge in [-0.25, -0.2) is 4.98 Å². The molecule has 0 radical (unpaired) electrons. The predicted molar refractivity (Wildman–Crippen MR) is 76.7 cm³/mol. The third-order valence-corrected chi connectivity index (χ3v) is 2.93. The van der Waals surface area contributed by atoms with Gasteiger partial charge in [-0.15, -0.1) is 0 Å². The highest BCUT2D eigenvalue weighted by atomic mass is 16.4. The molecule has 0 bridgehead atoms. The molecule has 0 aliphatic rings. The molecule has 0 aliphatic carbocycles. The first-order valence-corrected chi connectivity index (χ1v) is 6.66. The summed E-state index contributed by atoms with van der Waals surface area (Å²) in [5.41, 5.74) is 1.58. The van der Waals surface area contributed by atoms with Crippen LogP contribution in [0.5, 0.6) is 0 Å². The molecule has 0 fully saturated rings. The van der Waals surface area contributed by atoms with E-state index >= 15 is 0 Å². The van der Waals surface area contributed by atoms with Crippen molar-refractivity contribution in [3.63, 3.8) is 0 Å². The standard InChI is InChI=1S/C15H16N2O4/c18-14(3-1-2-4-15(19)20)17-12-7-5-11(6-8-12)13-9-16-10-21-13/h5-10H,1-4H2,(H,17,18)(H,19,20). The van der Waals surface area contributed by atoms with E-state index in [2.05, 4.69) is 10.3 Å². The molecular formula is C15H16N2O4. The van der Waals surface area contributed by atoms with E-state index in [0.29, 0.717) is 30.7 Å². The summed E-state index contributed by atoms with van der Waals surface area (Å²) in [6.07, 6.45) is 4.47. The minimum Gasteiger partial charge on any atom is -0.481 e. The van der Waals surface area contributed by atoms with Gasteiger partial charge in [0.1, 0.15) is 0 Å². The monoisotopic (exact) mass is 288 g/mol. The van der Waals surface area contributed by atoms with Gasteiger partial charge in [0.25, 0.3) is 0 Å². The number of nitrogens with one attached hydrogen (secondary N) is 1. The number of carbonyl (C=O) groups is 2. The minimum atomic E-state index is -0.835. The Labute approximate surface area is 121 Å². The van der Waals surface area contributed by atoms with Gasteiger partial charge in [0.15, 0.2) is 12.2 Å². The van der Waals surface area contributed by atoms with E-state index in [9.17, 15) is 9.59 Å². The first-order chi connectivity index (χ1) is 10.1. The van der Waals surface area contributed by atoms with Gasteiger partial charge in [0, 0.05) is 24.1 Å². The fourth-order valence-corrected chi connectivity index (χ4v) is 1.86. The van der Waals surface area contributed by atoms with Crippen LogP contribution >= 0.6 is 0 Å². The second-order valence-electron chi connectivity index (χ2n) is 4.59. The van der Waals surface area contributed by atoms with Crippen LogP contribution in [-0.2, 0) is 9.59 Å². The van der Waals surface area contributed by atoms with Crippen LogP contribution in [-0.4, -0.2) is 22.0 Å². The Hall–Kier alpha value is -2.63. The van der Waals surface area contributed by atoms with Gasteiger partial charge in [-0.2, -0.15) is 0 Å². The number of carboxylic acid groups (broad SMARTS) is 1. The van der Waals surface area contributed by atoms with Crippen LogP contribution in [0.3, 0.4) is 0 Å². The molecule has 2 N–H and O–H groups in total. The zero-order chi connectivity index (χ0) is 15.1. The molecule has 0 saturated heterocycles.